The van der Waals surface area contributed by atoms with E-state index in [-0.39, 0.29) is 102 Å². The number of hydrogen-bond acceptors (Lipinski definition) is 18. The summed E-state index contributed by atoms with van der Waals surface area (Å²) in [7, 11) is 0.709. The molecule has 4 rings (SSSR count). The number of esters is 2. The molecule has 330 valence electrons. The average molecular weight is 991 g/mol. The Labute approximate surface area is 362 Å². The van der Waals surface area contributed by atoms with Crippen molar-refractivity contribution in [2.45, 2.75) is 51.4 Å². The van der Waals surface area contributed by atoms with Crippen LogP contribution in [0.4, 0.5) is 0 Å². The molecular weight excluding hydrogens is 938 g/mol. The van der Waals surface area contributed by atoms with Crippen LogP contribution in [-0.4, -0.2) is 114 Å². The van der Waals surface area contributed by atoms with Crippen molar-refractivity contribution in [3.8, 4) is 23.0 Å². The Balaban J connectivity index is 0.000000321. The molecule has 0 aliphatic carbocycles. The summed E-state index contributed by atoms with van der Waals surface area (Å²) in [5.74, 6) is -1.35. The smallest absolute Gasteiger partial charge is 0.464 e. The van der Waals surface area contributed by atoms with Gasteiger partial charge in [0.25, 0.3) is 0 Å². The quantitative estimate of drug-likeness (QED) is 0.0495. The van der Waals surface area contributed by atoms with Gasteiger partial charge in [-0.1, -0.05) is 39.3 Å². The SMILES string of the molecule is COCOc1cc2occ(B(O)O)c(=O)c2c(C(=O)OCC[Si](C)(C)C)c1OCOC.COCOc1cc2occ(I)c(=O)c2c(C(=O)OCC[Si](C)(C)C)c1OCOC. The molecule has 2 aromatic carbocycles. The lowest BCUT2D eigenvalue weighted by atomic mass is 9.80. The maximum Gasteiger partial charge on any atom is 0.495 e. The van der Waals surface area contributed by atoms with E-state index < -0.39 is 46.1 Å². The average Bonchev–Trinajstić information content (AvgIpc) is 3.17. The number of rotatable bonds is 21. The maximum absolute atomic E-state index is 13.1. The van der Waals surface area contributed by atoms with E-state index in [0.717, 1.165) is 12.3 Å². The molecule has 2 aromatic heterocycles. The van der Waals surface area contributed by atoms with Crippen molar-refractivity contribution < 1.29 is 75.8 Å². The fraction of sp³-hybridized carbons (Fsp3) is 0.474. The van der Waals surface area contributed by atoms with Gasteiger partial charge in [0, 0.05) is 56.7 Å². The van der Waals surface area contributed by atoms with Crippen LogP contribution in [0.1, 0.15) is 20.7 Å². The minimum atomic E-state index is -2.09. The van der Waals surface area contributed by atoms with Gasteiger partial charge >= 0.3 is 19.1 Å². The number of hydrogen-bond donors (Lipinski definition) is 2. The zero-order valence-corrected chi connectivity index (χ0v) is 39.5. The highest BCUT2D eigenvalue weighted by molar-refractivity contribution is 14.1. The number of carbonyl (C=O) groups excluding carboxylic acids is 2. The minimum absolute atomic E-state index is 0.0255. The Morgan fingerprint density at radius 3 is 1.40 bits per heavy atom. The number of ether oxygens (including phenoxy) is 10. The molecule has 0 spiro atoms. The third kappa shape index (κ3) is 14.0. The molecule has 0 atom stereocenters. The molecule has 22 heteroatoms. The highest BCUT2D eigenvalue weighted by Crippen LogP contribution is 2.39. The van der Waals surface area contributed by atoms with Crippen molar-refractivity contribution in [1.29, 1.82) is 0 Å². The molecule has 60 heavy (non-hydrogen) atoms. The molecular formula is C38H52BIO18Si2. The predicted molar refractivity (Wildman–Crippen MR) is 234 cm³/mol. The Bertz CT molecular complexity index is 2200. The minimum Gasteiger partial charge on any atom is -0.464 e. The molecule has 4 aromatic rings. The number of carbonyl (C=O) groups is 2. The Kier molecular flexibility index (Phi) is 19.5. The standard InChI is InChI=1S/C19H27BO10Si.C19H25IO8Si/c1-25-10-29-14-8-13-15(17(21)12(9-28-13)20(23)24)16(18(14)30-11-26-2)19(22)27-6-7-31(3,4)5;1-23-10-27-14-8-13-15(17(21)12(20)9-26-13)16(18(14)28-11-24-2)19(22)25-6-7-29(3,4)5/h8-9,23-24H,6-7,10-11H2,1-5H3;8-9H,6-7,10-11H2,1-5H3. The summed E-state index contributed by atoms with van der Waals surface area (Å²) < 4.78 is 64.1. The van der Waals surface area contributed by atoms with E-state index in [2.05, 4.69) is 39.3 Å². The van der Waals surface area contributed by atoms with Gasteiger partial charge in [0.2, 0.25) is 5.43 Å². The van der Waals surface area contributed by atoms with Crippen molar-refractivity contribution in [1.82, 2.24) is 0 Å². The lowest BCUT2D eigenvalue weighted by molar-refractivity contribution is 0.0297. The molecule has 0 amide bonds. The molecule has 0 saturated heterocycles. The normalized spacial score (nSPS) is 11.5. The van der Waals surface area contributed by atoms with Crippen molar-refractivity contribution in [2.75, 3.05) is 68.8 Å². The molecule has 0 bridgehead atoms. The third-order valence-electron chi connectivity index (χ3n) is 8.12. The summed E-state index contributed by atoms with van der Waals surface area (Å²) >= 11 is 1.85. The summed E-state index contributed by atoms with van der Waals surface area (Å²) in [6.45, 7) is 12.7. The highest BCUT2D eigenvalue weighted by Gasteiger charge is 2.31. The van der Waals surface area contributed by atoms with Gasteiger partial charge in [0.1, 0.15) is 28.6 Å². The lowest BCUT2D eigenvalue weighted by Gasteiger charge is -2.18. The molecule has 0 unspecified atom stereocenters. The van der Waals surface area contributed by atoms with E-state index in [9.17, 15) is 29.2 Å². The number of halogens is 1. The molecule has 0 saturated carbocycles. The van der Waals surface area contributed by atoms with E-state index in [1.807, 2.05) is 22.6 Å². The Hall–Kier alpha value is -4.01. The summed E-state index contributed by atoms with van der Waals surface area (Å²) in [5, 5.41) is 18.8. The van der Waals surface area contributed by atoms with Crippen LogP contribution in [0.5, 0.6) is 23.0 Å². The second-order valence-electron chi connectivity index (χ2n) is 15.3. The van der Waals surface area contributed by atoms with Crippen LogP contribution in [0, 0.1) is 3.57 Å². The van der Waals surface area contributed by atoms with Crippen molar-refractivity contribution in [3.63, 3.8) is 0 Å². The van der Waals surface area contributed by atoms with E-state index in [4.69, 9.17) is 56.2 Å². The third-order valence-corrected chi connectivity index (χ3v) is 12.3. The van der Waals surface area contributed by atoms with Crippen LogP contribution in [-0.2, 0) is 28.4 Å². The van der Waals surface area contributed by atoms with Crippen LogP contribution in [0.25, 0.3) is 21.9 Å². The molecule has 0 radical (unpaired) electrons. The van der Waals surface area contributed by atoms with E-state index in [0.29, 0.717) is 9.61 Å². The number of benzene rings is 2. The first-order chi connectivity index (χ1) is 28.3. The molecule has 0 aliphatic heterocycles. The molecule has 0 fully saturated rings. The van der Waals surface area contributed by atoms with Gasteiger partial charge in [-0.05, 0) is 34.7 Å². The predicted octanol–water partition coefficient (Wildman–Crippen LogP) is 4.79. The van der Waals surface area contributed by atoms with Gasteiger partial charge in [0.05, 0.1) is 39.3 Å². The first kappa shape index (κ1) is 50.3. The van der Waals surface area contributed by atoms with Crippen LogP contribution in [0.3, 0.4) is 0 Å². The largest absolute Gasteiger partial charge is 0.495 e. The molecule has 0 aliphatic rings. The first-order valence-electron chi connectivity index (χ1n) is 18.4. The van der Waals surface area contributed by atoms with Crippen LogP contribution in [0.15, 0.2) is 43.1 Å². The maximum atomic E-state index is 13.1. The first-order valence-corrected chi connectivity index (χ1v) is 26.9. The van der Waals surface area contributed by atoms with Gasteiger partial charge in [-0.15, -0.1) is 0 Å². The Morgan fingerprint density at radius 1 is 0.633 bits per heavy atom. The van der Waals surface area contributed by atoms with Gasteiger partial charge in [-0.2, -0.15) is 0 Å². The van der Waals surface area contributed by atoms with E-state index in [1.54, 1.807) is 0 Å². The van der Waals surface area contributed by atoms with Crippen molar-refractivity contribution in [2.24, 2.45) is 0 Å². The van der Waals surface area contributed by atoms with Gasteiger partial charge < -0.3 is 66.3 Å². The van der Waals surface area contributed by atoms with Crippen LogP contribution in [0.2, 0.25) is 51.4 Å². The van der Waals surface area contributed by atoms with Gasteiger partial charge in [-0.3, -0.25) is 9.59 Å². The van der Waals surface area contributed by atoms with Crippen molar-refractivity contribution >= 4 is 85.2 Å². The van der Waals surface area contributed by atoms with Crippen molar-refractivity contribution in [3.05, 3.63) is 59.8 Å². The summed E-state index contributed by atoms with van der Waals surface area (Å²) in [4.78, 5) is 51.9. The highest BCUT2D eigenvalue weighted by atomic mass is 127. The number of methoxy groups -OCH3 is 4. The summed E-state index contributed by atoms with van der Waals surface area (Å²) in [5.41, 5.74) is -1.75. The van der Waals surface area contributed by atoms with Crippen LogP contribution < -0.4 is 35.3 Å². The van der Waals surface area contributed by atoms with Crippen LogP contribution >= 0.6 is 22.6 Å². The van der Waals surface area contributed by atoms with E-state index in [1.165, 1.54) is 46.8 Å². The van der Waals surface area contributed by atoms with Gasteiger partial charge in [0.15, 0.2) is 55.6 Å². The topological polar surface area (TPSA) is 227 Å². The lowest BCUT2D eigenvalue weighted by Crippen LogP contribution is -2.41. The fourth-order valence-electron chi connectivity index (χ4n) is 5.08. The van der Waals surface area contributed by atoms with E-state index >= 15 is 0 Å². The number of fused-ring (bicyclic) bond motifs is 2. The fourth-order valence-corrected chi connectivity index (χ4v) is 6.90. The summed E-state index contributed by atoms with van der Waals surface area (Å²) in [6.07, 6.45) is 2.23. The zero-order chi connectivity index (χ0) is 44.8. The van der Waals surface area contributed by atoms with Gasteiger partial charge in [-0.25, -0.2) is 9.59 Å². The summed E-state index contributed by atoms with van der Waals surface area (Å²) in [6, 6.07) is 4.32. The monoisotopic (exact) mass is 990 g/mol. The zero-order valence-electron chi connectivity index (χ0n) is 35.3. The second-order valence-corrected chi connectivity index (χ2v) is 27.7. The Morgan fingerprint density at radius 2 is 1.02 bits per heavy atom. The molecule has 2 heterocycles. The molecule has 2 N–H and O–H groups in total. The second kappa shape index (κ2) is 23.3. The molecule has 18 nitrogen and oxygen atoms in total.